The Morgan fingerprint density at radius 1 is 0.842 bits per heavy atom. The Bertz CT molecular complexity index is 1720. The van der Waals surface area contributed by atoms with Crippen molar-refractivity contribution in [1.29, 1.82) is 0 Å². The van der Waals surface area contributed by atoms with Crippen LogP contribution in [0.3, 0.4) is 0 Å². The predicted octanol–water partition coefficient (Wildman–Crippen LogP) is 5.05. The van der Waals surface area contributed by atoms with E-state index in [1.807, 2.05) is 77.5 Å². The molecular formula is C30H25N7O. The normalized spacial score (nSPS) is 11.1. The molecule has 6 aromatic rings. The van der Waals surface area contributed by atoms with Crippen LogP contribution in [0.4, 0.5) is 5.82 Å². The van der Waals surface area contributed by atoms with E-state index in [2.05, 4.69) is 44.0 Å². The number of benzene rings is 4. The lowest BCUT2D eigenvalue weighted by atomic mass is 10.0. The molecule has 0 aliphatic heterocycles. The van der Waals surface area contributed by atoms with E-state index in [4.69, 9.17) is 5.73 Å². The molecule has 0 bridgehead atoms. The number of hydrogen-bond acceptors (Lipinski definition) is 5. The smallest absolute Gasteiger partial charge is 0.251 e. The largest absolute Gasteiger partial charge is 0.382 e. The minimum absolute atomic E-state index is 0.113. The van der Waals surface area contributed by atoms with Gasteiger partial charge < -0.3 is 11.1 Å². The van der Waals surface area contributed by atoms with E-state index in [0.29, 0.717) is 24.5 Å². The molecular weight excluding hydrogens is 474 g/mol. The van der Waals surface area contributed by atoms with Gasteiger partial charge in [-0.05, 0) is 41.5 Å². The van der Waals surface area contributed by atoms with Gasteiger partial charge in [-0.1, -0.05) is 78.0 Å². The zero-order valence-electron chi connectivity index (χ0n) is 20.5. The first-order valence-electron chi connectivity index (χ1n) is 12.3. The molecule has 186 valence electrons. The van der Waals surface area contributed by atoms with E-state index in [1.54, 1.807) is 12.1 Å². The number of amides is 1. The molecule has 0 saturated heterocycles. The first-order chi connectivity index (χ1) is 18.7. The molecule has 0 aliphatic rings. The zero-order chi connectivity index (χ0) is 25.9. The number of nitrogen functional groups attached to an aromatic ring is 1. The average Bonchev–Trinajstić information content (AvgIpc) is 3.56. The maximum absolute atomic E-state index is 12.6. The third-order valence-corrected chi connectivity index (χ3v) is 6.47. The molecule has 4 aromatic carbocycles. The molecule has 1 amide bonds. The quantitative estimate of drug-likeness (QED) is 0.284. The van der Waals surface area contributed by atoms with Crippen LogP contribution in [0.1, 0.15) is 21.5 Å². The van der Waals surface area contributed by atoms with Gasteiger partial charge in [0.05, 0.1) is 17.8 Å². The van der Waals surface area contributed by atoms with Gasteiger partial charge in [0.2, 0.25) is 0 Å². The van der Waals surface area contributed by atoms with Gasteiger partial charge in [-0.2, -0.15) is 5.10 Å². The molecule has 0 saturated carbocycles. The number of fused-ring (bicyclic) bond motifs is 1. The highest BCUT2D eigenvalue weighted by Gasteiger charge is 2.19. The van der Waals surface area contributed by atoms with Crippen molar-refractivity contribution in [2.24, 2.45) is 0 Å². The fraction of sp³-hybridized carbons (Fsp3) is 0.0667. The van der Waals surface area contributed by atoms with Crippen LogP contribution in [-0.4, -0.2) is 31.1 Å². The lowest BCUT2D eigenvalue weighted by Crippen LogP contribution is -2.22. The Morgan fingerprint density at radius 2 is 1.61 bits per heavy atom. The van der Waals surface area contributed by atoms with Crippen molar-refractivity contribution >= 4 is 22.6 Å². The number of rotatable bonds is 7. The minimum Gasteiger partial charge on any atom is -0.382 e. The summed E-state index contributed by atoms with van der Waals surface area (Å²) in [6.45, 7) is 0.961. The van der Waals surface area contributed by atoms with Gasteiger partial charge in [0, 0.05) is 28.6 Å². The molecule has 4 N–H and O–H groups in total. The second-order valence-corrected chi connectivity index (χ2v) is 9.05. The maximum Gasteiger partial charge on any atom is 0.251 e. The van der Waals surface area contributed by atoms with Crippen LogP contribution in [-0.2, 0) is 13.1 Å². The molecule has 0 spiro atoms. The van der Waals surface area contributed by atoms with Crippen molar-refractivity contribution in [1.82, 2.24) is 30.5 Å². The second kappa shape index (κ2) is 10.0. The number of aromatic nitrogens is 5. The summed E-state index contributed by atoms with van der Waals surface area (Å²) in [6, 6.07) is 33.4. The summed E-state index contributed by atoms with van der Waals surface area (Å²) in [5, 5.41) is 20.0. The van der Waals surface area contributed by atoms with Crippen LogP contribution < -0.4 is 11.1 Å². The summed E-state index contributed by atoms with van der Waals surface area (Å²) in [5.74, 6) is 0.328. The summed E-state index contributed by atoms with van der Waals surface area (Å²) in [6.07, 6.45) is 0. The topological polar surface area (TPSA) is 115 Å². The molecule has 8 heteroatoms. The van der Waals surface area contributed by atoms with Gasteiger partial charge in [0.15, 0.2) is 5.82 Å². The summed E-state index contributed by atoms with van der Waals surface area (Å²) in [4.78, 5) is 12.6. The molecule has 8 nitrogen and oxygen atoms in total. The summed E-state index contributed by atoms with van der Waals surface area (Å²) < 4.78 is 1.91. The van der Waals surface area contributed by atoms with Crippen LogP contribution >= 0.6 is 0 Å². The molecule has 2 heterocycles. The van der Waals surface area contributed by atoms with Gasteiger partial charge in [0.1, 0.15) is 5.69 Å². The van der Waals surface area contributed by atoms with Crippen molar-refractivity contribution in [2.75, 3.05) is 5.73 Å². The Balaban J connectivity index is 1.38. The highest BCUT2D eigenvalue weighted by molar-refractivity contribution is 5.94. The van der Waals surface area contributed by atoms with Gasteiger partial charge in [-0.15, -0.1) is 5.10 Å². The number of nitrogens with zero attached hydrogens (tertiary/aromatic N) is 4. The van der Waals surface area contributed by atoms with Crippen LogP contribution in [0.25, 0.3) is 33.4 Å². The van der Waals surface area contributed by atoms with E-state index < -0.39 is 0 Å². The average molecular weight is 500 g/mol. The fourth-order valence-corrected chi connectivity index (χ4v) is 4.54. The van der Waals surface area contributed by atoms with Gasteiger partial charge in [-0.3, -0.25) is 9.89 Å². The van der Waals surface area contributed by atoms with Crippen molar-refractivity contribution in [3.05, 3.63) is 120 Å². The molecule has 0 aliphatic carbocycles. The second-order valence-electron chi connectivity index (χ2n) is 9.05. The lowest BCUT2D eigenvalue weighted by Gasteiger charge is -2.11. The zero-order valence-corrected chi connectivity index (χ0v) is 20.5. The standard InChI is InChI=1S/C30H25N7O/c31-29-25-17-23(14-15-26(25)33-35-29)27-28(37(36-34-27)19-20-8-3-1-4-9-20)24-13-7-10-21(16-24)18-32-30(38)22-11-5-2-6-12-22/h1-17H,18-19H2,(H,32,38)(H3,31,33,35). The van der Waals surface area contributed by atoms with E-state index >= 15 is 0 Å². The number of nitrogens with one attached hydrogen (secondary N) is 2. The first-order valence-corrected chi connectivity index (χ1v) is 12.3. The maximum atomic E-state index is 12.6. The number of H-pyrrole nitrogens is 1. The van der Waals surface area contributed by atoms with Crippen molar-refractivity contribution < 1.29 is 4.79 Å². The number of carbonyl (C=O) groups is 1. The number of hydrogen-bond donors (Lipinski definition) is 3. The van der Waals surface area contributed by atoms with Crippen LogP contribution in [0.2, 0.25) is 0 Å². The minimum atomic E-state index is -0.113. The fourth-order valence-electron chi connectivity index (χ4n) is 4.54. The molecule has 0 fully saturated rings. The Morgan fingerprint density at radius 3 is 2.42 bits per heavy atom. The first kappa shape index (κ1) is 23.2. The third-order valence-electron chi connectivity index (χ3n) is 6.47. The number of nitrogens with two attached hydrogens (primary N) is 1. The monoisotopic (exact) mass is 499 g/mol. The SMILES string of the molecule is Nc1n[nH]c2ccc(-c3nnn(Cc4ccccc4)c3-c3cccc(CNC(=O)c4ccccc4)c3)cc12. The summed E-state index contributed by atoms with van der Waals surface area (Å²) in [5.41, 5.74) is 13.1. The summed E-state index contributed by atoms with van der Waals surface area (Å²) in [7, 11) is 0. The number of anilines is 1. The molecule has 0 unspecified atom stereocenters. The highest BCUT2D eigenvalue weighted by Crippen LogP contribution is 2.33. The van der Waals surface area contributed by atoms with E-state index in [9.17, 15) is 4.79 Å². The Hall–Kier alpha value is -5.24. The van der Waals surface area contributed by atoms with Gasteiger partial charge in [0.25, 0.3) is 5.91 Å². The van der Waals surface area contributed by atoms with E-state index in [1.165, 1.54) is 0 Å². The van der Waals surface area contributed by atoms with Gasteiger partial charge >= 0.3 is 0 Å². The molecule has 0 atom stereocenters. The molecule has 2 aromatic heterocycles. The van der Waals surface area contributed by atoms with Crippen molar-refractivity contribution in [3.8, 4) is 22.5 Å². The van der Waals surface area contributed by atoms with Crippen molar-refractivity contribution in [3.63, 3.8) is 0 Å². The molecule has 0 radical (unpaired) electrons. The van der Waals surface area contributed by atoms with Crippen molar-refractivity contribution in [2.45, 2.75) is 13.1 Å². The van der Waals surface area contributed by atoms with Gasteiger partial charge in [-0.25, -0.2) is 4.68 Å². The van der Waals surface area contributed by atoms with Crippen LogP contribution in [0.15, 0.2) is 103 Å². The Kier molecular flexibility index (Phi) is 6.11. The van der Waals surface area contributed by atoms with Crippen LogP contribution in [0.5, 0.6) is 0 Å². The van der Waals surface area contributed by atoms with Crippen LogP contribution in [0, 0.1) is 0 Å². The predicted molar refractivity (Wildman–Crippen MR) is 148 cm³/mol. The third kappa shape index (κ3) is 4.62. The molecule has 38 heavy (non-hydrogen) atoms. The van der Waals surface area contributed by atoms with E-state index in [-0.39, 0.29) is 5.91 Å². The summed E-state index contributed by atoms with van der Waals surface area (Å²) >= 11 is 0. The number of aromatic amines is 1. The molecule has 6 rings (SSSR count). The van der Waals surface area contributed by atoms with E-state index in [0.717, 1.165) is 44.5 Å². The highest BCUT2D eigenvalue weighted by atomic mass is 16.1. The lowest BCUT2D eigenvalue weighted by molar-refractivity contribution is 0.0951. The Labute approximate surface area is 219 Å². The number of carbonyl (C=O) groups excluding carboxylic acids is 1.